The minimum absolute atomic E-state index is 0.686. The normalized spacial score (nSPS) is 9.67. The molecule has 4 heteroatoms. The molecule has 2 aromatic carbocycles. The molecule has 0 aliphatic heterocycles. The van der Waals surface area contributed by atoms with Crippen molar-refractivity contribution in [1.82, 2.24) is 0 Å². The fourth-order valence-electron chi connectivity index (χ4n) is 1.13. The lowest BCUT2D eigenvalue weighted by atomic mass is 10.2. The average molecular weight is 322 g/mol. The highest BCUT2D eigenvalue weighted by atomic mass is 35.5. The van der Waals surface area contributed by atoms with Gasteiger partial charge >= 0.3 is 0 Å². The first-order valence-corrected chi connectivity index (χ1v) is 6.74. The lowest BCUT2D eigenvalue weighted by molar-refractivity contribution is 1.47. The van der Waals surface area contributed by atoms with Gasteiger partial charge in [-0.15, -0.1) is 0 Å². The molecule has 96 valence electrons. The molecule has 0 nitrogen and oxygen atoms in total. The van der Waals surface area contributed by atoms with Crippen molar-refractivity contribution in [3.05, 3.63) is 67.6 Å². The van der Waals surface area contributed by atoms with E-state index in [0.29, 0.717) is 10.0 Å². The minimum Gasteiger partial charge on any atom is -0.0843 e. The molecule has 0 bridgehead atoms. The Labute approximate surface area is 127 Å². The van der Waals surface area contributed by atoms with E-state index in [1.165, 1.54) is 0 Å². The van der Waals surface area contributed by atoms with Crippen LogP contribution in [0.3, 0.4) is 0 Å². The Morgan fingerprint density at radius 1 is 0.611 bits per heavy atom. The van der Waals surface area contributed by atoms with Gasteiger partial charge in [0.2, 0.25) is 0 Å². The Balaban J connectivity index is 0.000000180. The summed E-state index contributed by atoms with van der Waals surface area (Å²) in [5.74, 6) is 0. The molecule has 0 amide bonds. The van der Waals surface area contributed by atoms with Crippen molar-refractivity contribution in [2.75, 3.05) is 0 Å². The lowest BCUT2D eigenvalue weighted by Gasteiger charge is -1.94. The Morgan fingerprint density at radius 3 is 1.17 bits per heavy atom. The van der Waals surface area contributed by atoms with Gasteiger partial charge in [0.15, 0.2) is 0 Å². The Morgan fingerprint density at radius 2 is 0.944 bits per heavy atom. The second-order valence-electron chi connectivity index (χ2n) is 3.79. The van der Waals surface area contributed by atoms with Gasteiger partial charge in [-0.1, -0.05) is 58.5 Å². The van der Waals surface area contributed by atoms with Gasteiger partial charge < -0.3 is 0 Å². The van der Waals surface area contributed by atoms with Crippen molar-refractivity contribution in [3.63, 3.8) is 0 Å². The first-order chi connectivity index (χ1) is 8.40. The molecule has 0 N–H and O–H groups in total. The average Bonchev–Trinajstić information content (AvgIpc) is 2.30. The summed E-state index contributed by atoms with van der Waals surface area (Å²) in [6.45, 7) is 3.89. The van der Waals surface area contributed by atoms with Gasteiger partial charge in [0, 0.05) is 20.1 Å². The predicted octanol–water partition coefficient (Wildman–Crippen LogP) is 6.60. The molecule has 0 aliphatic rings. The quantitative estimate of drug-likeness (QED) is 0.512. The maximum absolute atomic E-state index is 5.73. The number of hydrogen-bond acceptors (Lipinski definition) is 0. The second kappa shape index (κ2) is 7.25. The molecule has 0 aromatic heterocycles. The molecular formula is C14H12Cl4. The van der Waals surface area contributed by atoms with Crippen LogP contribution in [-0.4, -0.2) is 0 Å². The van der Waals surface area contributed by atoms with E-state index in [1.807, 2.05) is 38.1 Å². The van der Waals surface area contributed by atoms with Crippen LogP contribution in [0.15, 0.2) is 36.4 Å². The van der Waals surface area contributed by atoms with E-state index < -0.39 is 0 Å². The van der Waals surface area contributed by atoms with Crippen LogP contribution in [0.25, 0.3) is 0 Å². The summed E-state index contributed by atoms with van der Waals surface area (Å²) < 4.78 is 0. The maximum Gasteiger partial charge on any atom is 0.0449 e. The van der Waals surface area contributed by atoms with E-state index in [1.54, 1.807) is 12.1 Å². The number of rotatable bonds is 0. The van der Waals surface area contributed by atoms with Crippen LogP contribution in [0, 0.1) is 13.8 Å². The molecule has 2 rings (SSSR count). The SMILES string of the molecule is Cc1ccc(Cl)cc1Cl.Cc1ccc(Cl)cc1Cl. The molecule has 0 aliphatic carbocycles. The van der Waals surface area contributed by atoms with Crippen LogP contribution in [0.4, 0.5) is 0 Å². The number of halogens is 4. The van der Waals surface area contributed by atoms with Gasteiger partial charge in [0.25, 0.3) is 0 Å². The molecule has 0 spiro atoms. The summed E-state index contributed by atoms with van der Waals surface area (Å²) in [4.78, 5) is 0. The summed E-state index contributed by atoms with van der Waals surface area (Å²) in [6, 6.07) is 10.9. The van der Waals surface area contributed by atoms with E-state index in [4.69, 9.17) is 46.4 Å². The van der Waals surface area contributed by atoms with Gasteiger partial charge in [-0.05, 0) is 49.2 Å². The van der Waals surface area contributed by atoms with Crippen LogP contribution in [0.1, 0.15) is 11.1 Å². The Hall–Kier alpha value is -0.400. The van der Waals surface area contributed by atoms with Crippen LogP contribution in [-0.2, 0) is 0 Å². The van der Waals surface area contributed by atoms with Crippen molar-refractivity contribution in [1.29, 1.82) is 0 Å². The molecule has 0 unspecified atom stereocenters. The summed E-state index contributed by atoms with van der Waals surface area (Å²) in [5.41, 5.74) is 2.11. The first kappa shape index (κ1) is 15.7. The van der Waals surface area contributed by atoms with Gasteiger partial charge in [0.05, 0.1) is 0 Å². The monoisotopic (exact) mass is 320 g/mol. The number of hydrogen-bond donors (Lipinski definition) is 0. The summed E-state index contributed by atoms with van der Waals surface area (Å²) in [6.07, 6.45) is 0. The van der Waals surface area contributed by atoms with E-state index in [0.717, 1.165) is 21.2 Å². The summed E-state index contributed by atoms with van der Waals surface area (Å²) >= 11 is 22.7. The second-order valence-corrected chi connectivity index (χ2v) is 5.47. The van der Waals surface area contributed by atoms with Crippen LogP contribution >= 0.6 is 46.4 Å². The van der Waals surface area contributed by atoms with Gasteiger partial charge in [-0.2, -0.15) is 0 Å². The van der Waals surface area contributed by atoms with Crippen molar-refractivity contribution in [3.8, 4) is 0 Å². The van der Waals surface area contributed by atoms with E-state index in [-0.39, 0.29) is 0 Å². The fraction of sp³-hybridized carbons (Fsp3) is 0.143. The third-order valence-electron chi connectivity index (χ3n) is 2.27. The van der Waals surface area contributed by atoms with Gasteiger partial charge in [-0.3, -0.25) is 0 Å². The topological polar surface area (TPSA) is 0 Å². The Kier molecular flexibility index (Phi) is 6.31. The van der Waals surface area contributed by atoms with Crippen molar-refractivity contribution >= 4 is 46.4 Å². The zero-order valence-electron chi connectivity index (χ0n) is 9.98. The van der Waals surface area contributed by atoms with E-state index in [2.05, 4.69) is 0 Å². The highest BCUT2D eigenvalue weighted by molar-refractivity contribution is 6.35. The molecular weight excluding hydrogens is 310 g/mol. The van der Waals surface area contributed by atoms with Crippen LogP contribution in [0.5, 0.6) is 0 Å². The molecule has 0 heterocycles. The smallest absolute Gasteiger partial charge is 0.0449 e. The van der Waals surface area contributed by atoms with Crippen molar-refractivity contribution < 1.29 is 0 Å². The van der Waals surface area contributed by atoms with Crippen molar-refractivity contribution in [2.45, 2.75) is 13.8 Å². The van der Waals surface area contributed by atoms with Gasteiger partial charge in [0.1, 0.15) is 0 Å². The molecule has 0 atom stereocenters. The highest BCUT2D eigenvalue weighted by Crippen LogP contribution is 2.20. The highest BCUT2D eigenvalue weighted by Gasteiger charge is 1.93. The third kappa shape index (κ3) is 5.07. The first-order valence-electron chi connectivity index (χ1n) is 5.23. The molecule has 18 heavy (non-hydrogen) atoms. The number of aryl methyl sites for hydroxylation is 2. The van der Waals surface area contributed by atoms with Crippen LogP contribution in [0.2, 0.25) is 20.1 Å². The molecule has 2 aromatic rings. The summed E-state index contributed by atoms with van der Waals surface area (Å²) in [5, 5.41) is 2.82. The molecule has 0 saturated carbocycles. The van der Waals surface area contributed by atoms with E-state index >= 15 is 0 Å². The molecule has 0 fully saturated rings. The zero-order chi connectivity index (χ0) is 13.7. The summed E-state index contributed by atoms with van der Waals surface area (Å²) in [7, 11) is 0. The largest absolute Gasteiger partial charge is 0.0843 e. The minimum atomic E-state index is 0.686. The third-order valence-corrected chi connectivity index (χ3v) is 3.55. The molecule has 0 radical (unpaired) electrons. The Bertz CT molecular complexity index is 486. The zero-order valence-corrected chi connectivity index (χ0v) is 13.0. The van der Waals surface area contributed by atoms with Crippen LogP contribution < -0.4 is 0 Å². The fourth-order valence-corrected chi connectivity index (χ4v) is 1.95. The number of benzene rings is 2. The predicted molar refractivity (Wildman–Crippen MR) is 82.4 cm³/mol. The van der Waals surface area contributed by atoms with Gasteiger partial charge in [-0.25, -0.2) is 0 Å². The maximum atomic E-state index is 5.73. The standard InChI is InChI=1S/2C7H6Cl2/c2*1-5-2-3-6(8)4-7(5)9/h2*2-4H,1H3. The van der Waals surface area contributed by atoms with E-state index in [9.17, 15) is 0 Å². The lowest BCUT2D eigenvalue weighted by Crippen LogP contribution is -1.71. The molecule has 0 saturated heterocycles. The van der Waals surface area contributed by atoms with Crippen molar-refractivity contribution in [2.24, 2.45) is 0 Å².